The lowest BCUT2D eigenvalue weighted by Gasteiger charge is -2.21. The molecule has 0 rings (SSSR count). The zero-order valence-electron chi connectivity index (χ0n) is 65.3. The molecule has 3 N–H and O–H groups in total. The lowest BCUT2D eigenvalue weighted by Crippen LogP contribution is -2.30. The third-order valence-electron chi connectivity index (χ3n) is 15.5. The maximum absolute atomic E-state index is 13.1. The molecule has 0 radical (unpaired) electrons. The van der Waals surface area contributed by atoms with Gasteiger partial charge in [-0.25, -0.2) is 9.13 Å². The number of allylic oxidation sites excluding steroid dienone is 32. The molecule has 0 aromatic rings. The fourth-order valence-electron chi connectivity index (χ4n) is 9.60. The van der Waals surface area contributed by atoms with Crippen molar-refractivity contribution in [2.24, 2.45) is 0 Å². The highest BCUT2D eigenvalue weighted by atomic mass is 31.2. The van der Waals surface area contributed by atoms with E-state index < -0.39 is 97.5 Å². The van der Waals surface area contributed by atoms with Crippen LogP contribution in [-0.2, 0) is 65.4 Å². The number of carbonyl (C=O) groups is 4. The van der Waals surface area contributed by atoms with E-state index in [9.17, 15) is 43.2 Å². The highest BCUT2D eigenvalue weighted by molar-refractivity contribution is 7.47. The van der Waals surface area contributed by atoms with Gasteiger partial charge < -0.3 is 33.8 Å². The van der Waals surface area contributed by atoms with Crippen LogP contribution >= 0.6 is 15.6 Å². The quantitative estimate of drug-likeness (QED) is 0.0169. The Bertz CT molecular complexity index is 2780. The van der Waals surface area contributed by atoms with Crippen LogP contribution in [0.5, 0.6) is 0 Å². The summed E-state index contributed by atoms with van der Waals surface area (Å²) in [7, 11) is -10.0. The Labute approximate surface area is 640 Å². The second-order valence-corrected chi connectivity index (χ2v) is 28.4. The molecule has 19 heteroatoms. The van der Waals surface area contributed by atoms with E-state index in [0.717, 1.165) is 180 Å². The van der Waals surface area contributed by atoms with Crippen LogP contribution in [-0.4, -0.2) is 96.7 Å². The van der Waals surface area contributed by atoms with Gasteiger partial charge in [-0.05, 0) is 167 Å². The molecule has 106 heavy (non-hydrogen) atoms. The smallest absolute Gasteiger partial charge is 0.462 e. The summed E-state index contributed by atoms with van der Waals surface area (Å²) in [6.07, 6.45) is 94.3. The molecule has 5 unspecified atom stereocenters. The molecule has 0 bridgehead atoms. The zero-order chi connectivity index (χ0) is 77.4. The highest BCUT2D eigenvalue weighted by Crippen LogP contribution is 2.45. The summed E-state index contributed by atoms with van der Waals surface area (Å²) < 4.78 is 68.4. The number of hydrogen-bond acceptors (Lipinski definition) is 15. The van der Waals surface area contributed by atoms with Crippen molar-refractivity contribution >= 4 is 39.5 Å². The Morgan fingerprint density at radius 1 is 0.274 bits per heavy atom. The molecule has 0 aliphatic heterocycles. The van der Waals surface area contributed by atoms with E-state index in [4.69, 9.17) is 37.0 Å². The molecule has 5 atom stereocenters. The van der Waals surface area contributed by atoms with Crippen LogP contribution in [0.15, 0.2) is 194 Å². The van der Waals surface area contributed by atoms with Gasteiger partial charge in [-0.2, -0.15) is 0 Å². The van der Waals surface area contributed by atoms with Crippen LogP contribution in [0, 0.1) is 0 Å². The number of phosphoric acid groups is 2. The molecule has 0 saturated heterocycles. The second-order valence-electron chi connectivity index (χ2n) is 25.5. The third-order valence-corrected chi connectivity index (χ3v) is 17.4. The SMILES string of the molecule is CC/C=C\C/C=C\C/C=C\C/C=C\C/C=C\C/C=C\CCC(=O)OCC(COP(=O)(O)OCC(O)COP(=O)(O)OCC(COC(=O)CCCCC/C=C\C/C=C\C/C=C\C/C=C\C/C=C\CC)OC(=O)CCCCCCC/C=C\CCCC)OC(=O)CCCCCC/C=C\C/C=C\C/C=C\C/C=C\CC. The van der Waals surface area contributed by atoms with Crippen LogP contribution in [0.3, 0.4) is 0 Å². The monoisotopic (exact) mass is 1520 g/mol. The van der Waals surface area contributed by atoms with Gasteiger partial charge in [0.25, 0.3) is 0 Å². The van der Waals surface area contributed by atoms with E-state index in [1.54, 1.807) is 0 Å². The Morgan fingerprint density at radius 3 is 0.830 bits per heavy atom. The molecule has 598 valence electrons. The summed E-state index contributed by atoms with van der Waals surface area (Å²) >= 11 is 0. The van der Waals surface area contributed by atoms with Crippen molar-refractivity contribution in [2.75, 3.05) is 39.6 Å². The van der Waals surface area contributed by atoms with Crippen molar-refractivity contribution in [3.8, 4) is 0 Å². The number of carbonyl (C=O) groups excluding carboxylic acids is 4. The minimum absolute atomic E-state index is 0.0221. The first-order valence-electron chi connectivity index (χ1n) is 39.7. The van der Waals surface area contributed by atoms with Gasteiger partial charge in [-0.1, -0.05) is 273 Å². The standard InChI is InChI=1S/C87H138O17P2/c1-5-9-13-17-21-25-29-32-35-38-40-43-45-48-52-55-59-63-67-71-84(89)97-77-82(103-86(91)73-69-65-61-57-51-28-24-20-16-12-8-4)79-101-105(93,94)99-75-81(88)76-100-106(95,96)102-80-83(104-87(92)74-70-66-62-58-54-50-47-42-37-34-31-27-23-19-15-11-7-3)78-98-85(90)72-68-64-60-56-53-49-46-44-41-39-36-33-30-26-22-18-14-10-6-2/h9-11,13-15,20-27,32-37,40-41,43-44,47-50,52-53,60,64,81-83,88H,5-8,12,16-19,28-31,38-39,42,45-46,51,54-59,61-63,65-80H2,1-4H3,(H,93,94)(H,95,96)/b13-9-,14-10-,15-11-,24-20-,25-21-,26-22-,27-23-,35-32-,36-33-,37-34-,43-40-,44-41-,50-47-,52-48-,53-49-,64-60-. The predicted molar refractivity (Wildman–Crippen MR) is 436 cm³/mol. The number of esters is 4. The minimum Gasteiger partial charge on any atom is -0.462 e. The van der Waals surface area contributed by atoms with Crippen molar-refractivity contribution in [2.45, 2.75) is 290 Å². The lowest BCUT2D eigenvalue weighted by atomic mass is 10.1. The number of unbranched alkanes of at least 4 members (excludes halogenated alkanes) is 14. The Balaban J connectivity index is 5.48. The highest BCUT2D eigenvalue weighted by Gasteiger charge is 2.30. The normalized spacial score (nSPS) is 14.9. The summed E-state index contributed by atoms with van der Waals surface area (Å²) in [5, 5.41) is 10.6. The van der Waals surface area contributed by atoms with Gasteiger partial charge in [0.2, 0.25) is 0 Å². The van der Waals surface area contributed by atoms with Crippen LogP contribution in [0.1, 0.15) is 272 Å². The van der Waals surface area contributed by atoms with Crippen molar-refractivity contribution in [1.82, 2.24) is 0 Å². The molecule has 0 aliphatic rings. The first-order valence-corrected chi connectivity index (χ1v) is 42.7. The average molecular weight is 1520 g/mol. The number of aliphatic hydroxyl groups excluding tert-OH is 1. The number of rotatable bonds is 72. The molecule has 17 nitrogen and oxygen atoms in total. The number of ether oxygens (including phenoxy) is 4. The van der Waals surface area contributed by atoms with Crippen LogP contribution in [0.2, 0.25) is 0 Å². The van der Waals surface area contributed by atoms with E-state index in [-0.39, 0.29) is 25.7 Å². The van der Waals surface area contributed by atoms with Crippen molar-refractivity contribution in [1.29, 1.82) is 0 Å². The summed E-state index contributed by atoms with van der Waals surface area (Å²) in [6.45, 7) is 4.30. The molecule has 0 amide bonds. The Morgan fingerprint density at radius 2 is 0.509 bits per heavy atom. The fraction of sp³-hybridized carbons (Fsp3) is 0.586. The molecule has 0 heterocycles. The lowest BCUT2D eigenvalue weighted by molar-refractivity contribution is -0.161. The maximum Gasteiger partial charge on any atom is 0.472 e. The average Bonchev–Trinajstić information content (AvgIpc) is 0.919. The molecule has 0 aliphatic carbocycles. The van der Waals surface area contributed by atoms with Gasteiger partial charge in [0.15, 0.2) is 12.2 Å². The molecule has 0 saturated carbocycles. The summed E-state index contributed by atoms with van der Waals surface area (Å²) in [6, 6.07) is 0. The van der Waals surface area contributed by atoms with Gasteiger partial charge >= 0.3 is 39.5 Å². The zero-order valence-corrected chi connectivity index (χ0v) is 67.1. The Kier molecular flexibility index (Phi) is 72.6. The third kappa shape index (κ3) is 76.1. The molecule has 0 aromatic carbocycles. The summed E-state index contributed by atoms with van der Waals surface area (Å²) in [4.78, 5) is 73.0. The van der Waals surface area contributed by atoms with Gasteiger partial charge in [0.05, 0.1) is 26.4 Å². The number of phosphoric ester groups is 2. The summed E-state index contributed by atoms with van der Waals surface area (Å²) in [5.74, 6) is -2.37. The fourth-order valence-corrected chi connectivity index (χ4v) is 11.2. The molecule has 0 spiro atoms. The molecular weight excluding hydrogens is 1380 g/mol. The molecule has 0 fully saturated rings. The largest absolute Gasteiger partial charge is 0.472 e. The van der Waals surface area contributed by atoms with Crippen LogP contribution in [0.4, 0.5) is 0 Å². The van der Waals surface area contributed by atoms with Gasteiger partial charge in [-0.15, -0.1) is 0 Å². The maximum atomic E-state index is 13.1. The van der Waals surface area contributed by atoms with Crippen molar-refractivity contribution in [3.63, 3.8) is 0 Å². The first-order chi connectivity index (χ1) is 51.7. The number of aliphatic hydroxyl groups is 1. The van der Waals surface area contributed by atoms with E-state index in [1.165, 1.54) is 6.42 Å². The van der Waals surface area contributed by atoms with Gasteiger partial charge in [0.1, 0.15) is 19.3 Å². The van der Waals surface area contributed by atoms with Crippen LogP contribution in [0.25, 0.3) is 0 Å². The predicted octanol–water partition coefficient (Wildman–Crippen LogP) is 23.3. The van der Waals surface area contributed by atoms with E-state index >= 15 is 0 Å². The first kappa shape index (κ1) is 99.9. The second kappa shape index (κ2) is 77.1. The topological polar surface area (TPSA) is 237 Å². The van der Waals surface area contributed by atoms with Gasteiger partial charge in [0, 0.05) is 25.7 Å². The van der Waals surface area contributed by atoms with Crippen LogP contribution < -0.4 is 0 Å². The summed E-state index contributed by atoms with van der Waals surface area (Å²) in [5.41, 5.74) is 0. The van der Waals surface area contributed by atoms with Crippen molar-refractivity contribution < 1.29 is 80.2 Å². The Hall–Kier alpha value is -6.10. The minimum atomic E-state index is -5.01. The van der Waals surface area contributed by atoms with E-state index in [2.05, 4.69) is 204 Å². The molecule has 0 aromatic heterocycles. The molecular formula is C87H138O17P2. The van der Waals surface area contributed by atoms with E-state index in [1.807, 2.05) is 18.2 Å². The van der Waals surface area contributed by atoms with Gasteiger partial charge in [-0.3, -0.25) is 37.3 Å². The van der Waals surface area contributed by atoms with E-state index in [0.29, 0.717) is 32.1 Å². The van der Waals surface area contributed by atoms with Crippen molar-refractivity contribution in [3.05, 3.63) is 194 Å². The number of hydrogen-bond donors (Lipinski definition) is 3.